The molecule has 0 aliphatic heterocycles. The summed E-state index contributed by atoms with van der Waals surface area (Å²) in [5.74, 6) is -2.25. The maximum atomic E-state index is 10.4. The van der Waals surface area contributed by atoms with Crippen molar-refractivity contribution in [3.63, 3.8) is 0 Å². The molecule has 72 valence electrons. The molecule has 0 fully saturated rings. The zero-order valence-corrected chi connectivity index (χ0v) is 7.32. The summed E-state index contributed by atoms with van der Waals surface area (Å²) in [5.41, 5.74) is -0.0372. The van der Waals surface area contributed by atoms with Crippen LogP contribution in [0.25, 0.3) is 0 Å². The normalized spacial score (nSPS) is 8.62. The van der Waals surface area contributed by atoms with Gasteiger partial charge in [-0.25, -0.2) is 9.59 Å². The van der Waals surface area contributed by atoms with Crippen LogP contribution in [0.5, 0.6) is 0 Å². The summed E-state index contributed by atoms with van der Waals surface area (Å²) in [5, 5.41) is 17.0. The Morgan fingerprint density at radius 2 is 1.38 bits per heavy atom. The van der Waals surface area contributed by atoms with E-state index in [0.717, 1.165) is 6.07 Å². The molecule has 0 bridgehead atoms. The van der Waals surface area contributed by atoms with E-state index in [1.54, 1.807) is 0 Å². The molecule has 0 atom stereocenters. The second-order valence-electron chi connectivity index (χ2n) is 2.19. The van der Waals surface area contributed by atoms with Crippen LogP contribution in [0.4, 0.5) is 0 Å². The molecule has 2 N–H and O–H groups in total. The van der Waals surface area contributed by atoms with Crippen molar-refractivity contribution >= 4 is 11.9 Å². The van der Waals surface area contributed by atoms with Crippen molar-refractivity contribution in [3.8, 4) is 0 Å². The van der Waals surface area contributed by atoms with Crippen LogP contribution in [-0.4, -0.2) is 22.2 Å². The molecule has 0 aliphatic rings. The van der Waals surface area contributed by atoms with Crippen molar-refractivity contribution in [1.29, 1.82) is 0 Å². The number of carboxylic acids is 2. The molecule has 1 aromatic rings. The third kappa shape index (κ3) is 2.88. The summed E-state index contributed by atoms with van der Waals surface area (Å²) in [7, 11) is 0. The van der Waals surface area contributed by atoms with Gasteiger partial charge in [0.15, 0.2) is 0 Å². The van der Waals surface area contributed by atoms with Gasteiger partial charge < -0.3 is 10.2 Å². The van der Waals surface area contributed by atoms with E-state index in [9.17, 15) is 9.59 Å². The van der Waals surface area contributed by atoms with E-state index in [-0.39, 0.29) is 27.6 Å². The molecule has 0 aromatic heterocycles. The minimum Gasteiger partial charge on any atom is -0.478 e. The molecular formula is C8H6NiO4. The van der Waals surface area contributed by atoms with Crippen molar-refractivity contribution in [1.82, 2.24) is 0 Å². The van der Waals surface area contributed by atoms with Gasteiger partial charge in [-0.2, -0.15) is 0 Å². The first-order valence-electron chi connectivity index (χ1n) is 3.18. The Balaban J connectivity index is 0.00000144. The second kappa shape index (κ2) is 4.62. The number of rotatable bonds is 2. The van der Waals surface area contributed by atoms with E-state index >= 15 is 0 Å². The van der Waals surface area contributed by atoms with Gasteiger partial charge in [0.1, 0.15) is 0 Å². The number of hydrogen-bond acceptors (Lipinski definition) is 2. The maximum Gasteiger partial charge on any atom is 0.335 e. The van der Waals surface area contributed by atoms with Crippen LogP contribution in [0.2, 0.25) is 0 Å². The smallest absolute Gasteiger partial charge is 0.335 e. The Labute approximate surface area is 84.1 Å². The molecular weight excluding hydrogens is 219 g/mol. The Bertz CT molecular complexity index is 305. The van der Waals surface area contributed by atoms with Crippen LogP contribution in [0.1, 0.15) is 20.7 Å². The first kappa shape index (κ1) is 11.7. The molecule has 1 aromatic carbocycles. The fourth-order valence-electron chi connectivity index (χ4n) is 0.785. The molecule has 0 radical (unpaired) electrons. The quantitative estimate of drug-likeness (QED) is 0.738. The molecule has 4 nitrogen and oxygen atoms in total. The van der Waals surface area contributed by atoms with E-state index < -0.39 is 11.9 Å². The number of benzene rings is 1. The Kier molecular flexibility index (Phi) is 4.14. The molecule has 0 amide bonds. The number of hydrogen-bond donors (Lipinski definition) is 2. The van der Waals surface area contributed by atoms with Gasteiger partial charge in [0.25, 0.3) is 0 Å². The van der Waals surface area contributed by atoms with Gasteiger partial charge in [-0.3, -0.25) is 0 Å². The van der Waals surface area contributed by atoms with Gasteiger partial charge in [0.05, 0.1) is 11.1 Å². The van der Waals surface area contributed by atoms with Crippen LogP contribution in [0.3, 0.4) is 0 Å². The van der Waals surface area contributed by atoms with E-state index in [4.69, 9.17) is 10.2 Å². The summed E-state index contributed by atoms with van der Waals surface area (Å²) in [6.07, 6.45) is 0. The minimum atomic E-state index is -1.13. The molecule has 0 spiro atoms. The topological polar surface area (TPSA) is 74.6 Å². The first-order valence-corrected chi connectivity index (χ1v) is 3.18. The van der Waals surface area contributed by atoms with Gasteiger partial charge in [-0.1, -0.05) is 6.07 Å². The molecule has 0 aliphatic carbocycles. The van der Waals surface area contributed by atoms with Crippen molar-refractivity contribution in [2.75, 3.05) is 0 Å². The number of carbonyl (C=O) groups is 2. The fourth-order valence-corrected chi connectivity index (χ4v) is 0.785. The maximum absolute atomic E-state index is 10.4. The van der Waals surface area contributed by atoms with Gasteiger partial charge in [0.2, 0.25) is 0 Å². The molecule has 5 heteroatoms. The zero-order valence-electron chi connectivity index (χ0n) is 6.34. The third-order valence-electron chi connectivity index (χ3n) is 1.36. The van der Waals surface area contributed by atoms with Crippen LogP contribution in [-0.2, 0) is 16.5 Å². The monoisotopic (exact) mass is 224 g/mol. The van der Waals surface area contributed by atoms with Crippen molar-refractivity contribution in [3.05, 3.63) is 35.4 Å². The molecule has 0 unspecified atom stereocenters. The molecule has 0 saturated carbocycles. The summed E-state index contributed by atoms with van der Waals surface area (Å²) in [6, 6.07) is 5.20. The summed E-state index contributed by atoms with van der Waals surface area (Å²) >= 11 is 0. The van der Waals surface area contributed by atoms with Crippen molar-refractivity contribution in [2.45, 2.75) is 0 Å². The van der Waals surface area contributed by atoms with Gasteiger partial charge in [-0.05, 0) is 18.2 Å². The summed E-state index contributed by atoms with van der Waals surface area (Å²) in [4.78, 5) is 20.8. The van der Waals surface area contributed by atoms with Crippen LogP contribution >= 0.6 is 0 Å². The van der Waals surface area contributed by atoms with Gasteiger partial charge in [0, 0.05) is 16.5 Å². The zero-order chi connectivity index (χ0) is 9.14. The van der Waals surface area contributed by atoms with Crippen LogP contribution < -0.4 is 0 Å². The number of carboxylic acid groups (broad SMARTS) is 2. The van der Waals surface area contributed by atoms with E-state index in [1.165, 1.54) is 18.2 Å². The molecule has 13 heavy (non-hydrogen) atoms. The first-order chi connectivity index (χ1) is 5.61. The predicted octanol–water partition coefficient (Wildman–Crippen LogP) is 1.08. The van der Waals surface area contributed by atoms with Gasteiger partial charge in [-0.15, -0.1) is 0 Å². The summed E-state index contributed by atoms with van der Waals surface area (Å²) < 4.78 is 0. The Morgan fingerprint density at radius 1 is 1.00 bits per heavy atom. The number of aromatic carboxylic acids is 2. The molecule has 0 saturated heterocycles. The van der Waals surface area contributed by atoms with Crippen molar-refractivity contribution < 1.29 is 36.3 Å². The van der Waals surface area contributed by atoms with Crippen LogP contribution in [0.15, 0.2) is 24.3 Å². The van der Waals surface area contributed by atoms with Crippen molar-refractivity contribution in [2.24, 2.45) is 0 Å². The third-order valence-corrected chi connectivity index (χ3v) is 1.36. The van der Waals surface area contributed by atoms with E-state index in [2.05, 4.69) is 0 Å². The van der Waals surface area contributed by atoms with Crippen LogP contribution in [0, 0.1) is 0 Å². The van der Waals surface area contributed by atoms with E-state index in [1.807, 2.05) is 0 Å². The molecule has 0 heterocycles. The minimum absolute atomic E-state index is 0. The Hall–Kier alpha value is -1.35. The molecule has 1 rings (SSSR count). The second-order valence-corrected chi connectivity index (χ2v) is 2.19. The average molecular weight is 225 g/mol. The fraction of sp³-hybridized carbons (Fsp3) is 0. The largest absolute Gasteiger partial charge is 0.478 e. The average Bonchev–Trinajstić information content (AvgIpc) is 2.04. The van der Waals surface area contributed by atoms with E-state index in [0.29, 0.717) is 0 Å². The predicted molar refractivity (Wildman–Crippen MR) is 40.4 cm³/mol. The SMILES string of the molecule is O=C(O)c1cccc(C(=O)O)c1.[Ni]. The standard InChI is InChI=1S/C8H6O4.Ni/c9-7(10)5-2-1-3-6(4-5)8(11)12;/h1-4H,(H,9,10)(H,11,12);. The summed E-state index contributed by atoms with van der Waals surface area (Å²) in [6.45, 7) is 0. The Morgan fingerprint density at radius 3 is 1.69 bits per heavy atom. The van der Waals surface area contributed by atoms with Gasteiger partial charge >= 0.3 is 11.9 Å².